The molecule has 0 saturated heterocycles. The fourth-order valence-electron chi connectivity index (χ4n) is 2.68. The van der Waals surface area contributed by atoms with Crippen LogP contribution in [0.2, 0.25) is 0 Å². The lowest BCUT2D eigenvalue weighted by atomic mass is 10.0. The third-order valence-corrected chi connectivity index (χ3v) is 4.53. The van der Waals surface area contributed by atoms with Crippen LogP contribution in [0.15, 0.2) is 34.5 Å². The molecule has 1 aromatic carbocycles. The summed E-state index contributed by atoms with van der Waals surface area (Å²) in [6.45, 7) is 1.68. The zero-order chi connectivity index (χ0) is 19.8. The molecule has 2 aromatic heterocycles. The minimum atomic E-state index is -4.65. The van der Waals surface area contributed by atoms with Gasteiger partial charge in [0.2, 0.25) is 5.89 Å². The van der Waals surface area contributed by atoms with Crippen molar-refractivity contribution in [1.29, 1.82) is 5.26 Å². The average Bonchev–Trinajstić information content (AvgIpc) is 3.21. The second-order valence-corrected chi connectivity index (χ2v) is 6.25. The summed E-state index contributed by atoms with van der Waals surface area (Å²) in [6, 6.07) is 5.49. The van der Waals surface area contributed by atoms with E-state index in [9.17, 15) is 13.2 Å². The van der Waals surface area contributed by atoms with Crippen LogP contribution in [0.1, 0.15) is 29.8 Å². The van der Waals surface area contributed by atoms with Crippen molar-refractivity contribution < 1.29 is 17.6 Å². The standard InChI is InChI=1S/C16H13F3N6OS/c1-8(21)14(27-22)15-24-23-12(26-15)7-25-5-4-10-11(25)3-2-9(6-20)13(10)16(17,18)19/h2-5H,7,21-22H2,1H3/b14-8-. The van der Waals surface area contributed by atoms with Gasteiger partial charge in [-0.05, 0) is 37.1 Å². The number of rotatable bonds is 4. The Morgan fingerprint density at radius 2 is 2.07 bits per heavy atom. The second-order valence-electron chi connectivity index (χ2n) is 5.61. The van der Waals surface area contributed by atoms with Gasteiger partial charge in [-0.25, -0.2) is 0 Å². The molecule has 0 unspecified atom stereocenters. The van der Waals surface area contributed by atoms with E-state index < -0.39 is 17.3 Å². The molecule has 0 aliphatic carbocycles. The van der Waals surface area contributed by atoms with Crippen LogP contribution >= 0.6 is 11.9 Å². The highest BCUT2D eigenvalue weighted by Crippen LogP contribution is 2.37. The number of benzene rings is 1. The number of halogens is 3. The third kappa shape index (κ3) is 3.49. The Kier molecular flexibility index (Phi) is 4.86. The fourth-order valence-corrected chi connectivity index (χ4v) is 3.05. The number of nitrogens with zero attached hydrogens (tertiary/aromatic N) is 4. The first-order chi connectivity index (χ1) is 12.8. The molecule has 0 bridgehead atoms. The molecule has 3 aromatic rings. The molecule has 11 heteroatoms. The largest absolute Gasteiger partial charge is 0.418 e. The topological polar surface area (TPSA) is 120 Å². The maximum absolute atomic E-state index is 13.4. The van der Waals surface area contributed by atoms with Crippen molar-refractivity contribution in [2.45, 2.75) is 19.6 Å². The molecule has 140 valence electrons. The number of allylic oxidation sites excluding steroid dienone is 1. The van der Waals surface area contributed by atoms with Crippen LogP contribution in [-0.4, -0.2) is 14.8 Å². The van der Waals surface area contributed by atoms with Crippen LogP contribution in [0.4, 0.5) is 13.2 Å². The van der Waals surface area contributed by atoms with Gasteiger partial charge in [-0.2, -0.15) is 18.4 Å². The molecule has 0 aliphatic heterocycles. The number of fused-ring (bicyclic) bond motifs is 1. The van der Waals surface area contributed by atoms with E-state index in [-0.39, 0.29) is 23.7 Å². The lowest BCUT2D eigenvalue weighted by Crippen LogP contribution is -2.09. The first-order valence-electron chi connectivity index (χ1n) is 7.51. The van der Waals surface area contributed by atoms with E-state index in [4.69, 9.17) is 20.6 Å². The SMILES string of the molecule is C/C(N)=C(/SN)c1nnc(Cn2ccc3c(C(F)(F)F)c(C#N)ccc32)o1. The van der Waals surface area contributed by atoms with Gasteiger partial charge >= 0.3 is 6.18 Å². The summed E-state index contributed by atoms with van der Waals surface area (Å²) in [5.41, 5.74) is 5.00. The van der Waals surface area contributed by atoms with Crippen molar-refractivity contribution in [3.8, 4) is 6.07 Å². The lowest BCUT2D eigenvalue weighted by Gasteiger charge is -2.11. The Morgan fingerprint density at radius 1 is 1.33 bits per heavy atom. The lowest BCUT2D eigenvalue weighted by molar-refractivity contribution is -0.136. The van der Waals surface area contributed by atoms with Crippen LogP contribution in [0.5, 0.6) is 0 Å². The number of hydrogen-bond acceptors (Lipinski definition) is 7. The van der Waals surface area contributed by atoms with Gasteiger partial charge in [0.1, 0.15) is 11.4 Å². The van der Waals surface area contributed by atoms with Gasteiger partial charge in [-0.15, -0.1) is 10.2 Å². The second kappa shape index (κ2) is 6.98. The molecule has 0 radical (unpaired) electrons. The maximum Gasteiger partial charge on any atom is 0.418 e. The summed E-state index contributed by atoms with van der Waals surface area (Å²) in [5, 5.41) is 22.2. The Morgan fingerprint density at radius 3 is 2.67 bits per heavy atom. The molecule has 7 nitrogen and oxygen atoms in total. The van der Waals surface area contributed by atoms with Crippen LogP contribution in [0, 0.1) is 11.3 Å². The monoisotopic (exact) mass is 394 g/mol. The Labute approximate surface area is 155 Å². The molecular formula is C16H13F3N6OS. The number of aromatic nitrogens is 3. The zero-order valence-corrected chi connectivity index (χ0v) is 14.7. The number of alkyl halides is 3. The highest BCUT2D eigenvalue weighted by atomic mass is 32.2. The minimum absolute atomic E-state index is 0.0475. The van der Waals surface area contributed by atoms with Gasteiger partial charge in [-0.3, -0.25) is 5.14 Å². The maximum atomic E-state index is 13.4. The highest BCUT2D eigenvalue weighted by molar-refractivity contribution is 8.06. The van der Waals surface area contributed by atoms with E-state index in [0.717, 1.165) is 18.0 Å². The molecule has 27 heavy (non-hydrogen) atoms. The van der Waals surface area contributed by atoms with Gasteiger partial charge in [0, 0.05) is 22.8 Å². The van der Waals surface area contributed by atoms with Crippen molar-refractivity contribution in [2.24, 2.45) is 10.9 Å². The molecule has 3 rings (SSSR count). The summed E-state index contributed by atoms with van der Waals surface area (Å²) >= 11 is 0.860. The van der Waals surface area contributed by atoms with E-state index in [1.807, 2.05) is 0 Å². The predicted molar refractivity (Wildman–Crippen MR) is 93.6 cm³/mol. The Hall–Kier alpha value is -2.97. The molecular weight excluding hydrogens is 381 g/mol. The molecule has 0 fully saturated rings. The number of nitrogens with two attached hydrogens (primary N) is 2. The van der Waals surface area contributed by atoms with Gasteiger partial charge < -0.3 is 14.7 Å². The summed E-state index contributed by atoms with van der Waals surface area (Å²) < 4.78 is 47.2. The van der Waals surface area contributed by atoms with Crippen molar-refractivity contribution >= 4 is 27.8 Å². The summed E-state index contributed by atoms with van der Waals surface area (Å²) in [6.07, 6.45) is -3.18. The van der Waals surface area contributed by atoms with Gasteiger partial charge in [0.05, 0.1) is 17.2 Å². The molecule has 0 amide bonds. The summed E-state index contributed by atoms with van der Waals surface area (Å²) in [4.78, 5) is 0.420. The third-order valence-electron chi connectivity index (χ3n) is 3.80. The molecule has 0 aliphatic rings. The molecule has 4 N–H and O–H groups in total. The first kappa shape index (κ1) is 18.8. The normalized spacial score (nSPS) is 12.9. The Balaban J connectivity index is 2.02. The summed E-state index contributed by atoms with van der Waals surface area (Å²) in [7, 11) is 0. The van der Waals surface area contributed by atoms with E-state index in [2.05, 4.69) is 10.2 Å². The molecule has 0 saturated carbocycles. The van der Waals surface area contributed by atoms with Gasteiger partial charge in [-0.1, -0.05) is 0 Å². The Bertz CT molecular complexity index is 1070. The zero-order valence-electron chi connectivity index (χ0n) is 13.9. The fraction of sp³-hybridized carbons (Fsp3) is 0.188. The number of nitriles is 1. The van der Waals surface area contributed by atoms with E-state index in [1.54, 1.807) is 13.0 Å². The van der Waals surface area contributed by atoms with Crippen molar-refractivity contribution in [1.82, 2.24) is 14.8 Å². The van der Waals surface area contributed by atoms with Crippen molar-refractivity contribution in [3.63, 3.8) is 0 Å². The average molecular weight is 394 g/mol. The van der Waals surface area contributed by atoms with Crippen LogP contribution in [0.25, 0.3) is 15.8 Å². The smallest absolute Gasteiger partial charge is 0.418 e. The minimum Gasteiger partial charge on any atom is -0.418 e. The van der Waals surface area contributed by atoms with Crippen molar-refractivity contribution in [2.75, 3.05) is 0 Å². The van der Waals surface area contributed by atoms with E-state index >= 15 is 0 Å². The molecule has 0 atom stereocenters. The first-order valence-corrected chi connectivity index (χ1v) is 8.39. The number of hydrogen-bond donors (Lipinski definition) is 2. The van der Waals surface area contributed by atoms with Crippen molar-refractivity contribution in [3.05, 3.63) is 53.0 Å². The summed E-state index contributed by atoms with van der Waals surface area (Å²) in [5.74, 6) is 0.310. The molecule has 0 spiro atoms. The quantitative estimate of drug-likeness (QED) is 0.652. The molecule has 2 heterocycles. The predicted octanol–water partition coefficient (Wildman–Crippen LogP) is 3.22. The van der Waals surface area contributed by atoms with Crippen LogP contribution < -0.4 is 10.9 Å². The van der Waals surface area contributed by atoms with Crippen LogP contribution in [0.3, 0.4) is 0 Å². The van der Waals surface area contributed by atoms with Gasteiger partial charge in [0.25, 0.3) is 5.89 Å². The van der Waals surface area contributed by atoms with E-state index in [1.165, 1.54) is 22.9 Å². The van der Waals surface area contributed by atoms with Crippen LogP contribution in [-0.2, 0) is 12.7 Å². The van der Waals surface area contributed by atoms with E-state index in [0.29, 0.717) is 16.1 Å². The highest BCUT2D eigenvalue weighted by Gasteiger charge is 2.36. The van der Waals surface area contributed by atoms with Gasteiger partial charge in [0.15, 0.2) is 0 Å².